The number of rotatable bonds is 5. The van der Waals surface area contributed by atoms with Crippen LogP contribution < -0.4 is 10.1 Å². The van der Waals surface area contributed by atoms with E-state index in [-0.39, 0.29) is 47.3 Å². The van der Waals surface area contributed by atoms with Crippen molar-refractivity contribution in [3.63, 3.8) is 0 Å². The number of aromatic nitrogens is 3. The number of imidazole rings is 1. The van der Waals surface area contributed by atoms with Gasteiger partial charge >= 0.3 is 0 Å². The van der Waals surface area contributed by atoms with Crippen molar-refractivity contribution in [2.45, 2.75) is 31.3 Å². The Hall–Kier alpha value is -2.49. The number of benzene rings is 1. The Morgan fingerprint density at radius 1 is 1.24 bits per heavy atom. The molecule has 10 heteroatoms. The molecule has 2 fully saturated rings. The smallest absolute Gasteiger partial charge is 0.296 e. The van der Waals surface area contributed by atoms with Crippen molar-refractivity contribution in [2.24, 2.45) is 0 Å². The third-order valence-electron chi connectivity index (χ3n) is 5.08. The molecule has 3 atom stereocenters. The fourth-order valence-electron chi connectivity index (χ4n) is 3.62. The Bertz CT molecular complexity index is 1040. The predicted molar refractivity (Wildman–Crippen MR) is 101 cm³/mol. The number of hydrogen-bond donors (Lipinski definition) is 2. The molecule has 4 heterocycles. The molecular formula is C19H17ClF2N4O3. The minimum atomic E-state index is -0.642. The molecule has 152 valence electrons. The fraction of sp³-hybridized carbons (Fsp3) is 0.368. The van der Waals surface area contributed by atoms with Crippen LogP contribution in [0.5, 0.6) is 6.01 Å². The van der Waals surface area contributed by atoms with Crippen molar-refractivity contribution in [1.82, 2.24) is 15.0 Å². The van der Waals surface area contributed by atoms with Gasteiger partial charge in [0.1, 0.15) is 23.6 Å². The highest BCUT2D eigenvalue weighted by atomic mass is 35.5. The molecule has 2 aliphatic heterocycles. The lowest BCUT2D eigenvalue weighted by atomic mass is 10.1. The maximum Gasteiger partial charge on any atom is 0.296 e. The number of ether oxygens (including phenoxy) is 3. The van der Waals surface area contributed by atoms with Crippen LogP contribution in [0, 0.1) is 11.6 Å². The van der Waals surface area contributed by atoms with Gasteiger partial charge in [-0.1, -0.05) is 17.7 Å². The number of nitrogens with one attached hydrogen (secondary N) is 2. The van der Waals surface area contributed by atoms with Crippen LogP contribution in [0.1, 0.15) is 12.0 Å². The molecule has 0 radical (unpaired) electrons. The van der Waals surface area contributed by atoms with E-state index in [4.69, 9.17) is 25.8 Å². The van der Waals surface area contributed by atoms with Gasteiger partial charge in [0, 0.05) is 18.7 Å². The number of halogens is 3. The summed E-state index contributed by atoms with van der Waals surface area (Å²) in [5, 5.41) is 3.14. The zero-order chi connectivity index (χ0) is 20.0. The molecule has 2 aromatic heterocycles. The molecule has 0 amide bonds. The first-order chi connectivity index (χ1) is 14.1. The van der Waals surface area contributed by atoms with Crippen molar-refractivity contribution in [1.29, 1.82) is 0 Å². The van der Waals surface area contributed by atoms with E-state index in [9.17, 15) is 8.78 Å². The summed E-state index contributed by atoms with van der Waals surface area (Å²) in [7, 11) is 0. The quantitative estimate of drug-likeness (QED) is 0.655. The van der Waals surface area contributed by atoms with Gasteiger partial charge in [0.15, 0.2) is 11.8 Å². The minimum Gasteiger partial charge on any atom is -0.456 e. The van der Waals surface area contributed by atoms with Gasteiger partial charge in [0.2, 0.25) is 0 Å². The van der Waals surface area contributed by atoms with Crippen LogP contribution in [0.15, 0.2) is 24.3 Å². The Kier molecular flexibility index (Phi) is 4.73. The first-order valence-corrected chi connectivity index (χ1v) is 9.59. The van der Waals surface area contributed by atoms with E-state index in [2.05, 4.69) is 20.3 Å². The molecule has 1 unspecified atom stereocenters. The van der Waals surface area contributed by atoms with Crippen LogP contribution >= 0.6 is 11.6 Å². The lowest BCUT2D eigenvalue weighted by molar-refractivity contribution is 0.0273. The van der Waals surface area contributed by atoms with Crippen LogP contribution in [-0.4, -0.2) is 46.5 Å². The monoisotopic (exact) mass is 422 g/mol. The highest BCUT2D eigenvalue weighted by Crippen LogP contribution is 2.30. The Morgan fingerprint density at radius 3 is 2.90 bits per heavy atom. The van der Waals surface area contributed by atoms with Gasteiger partial charge in [-0.25, -0.2) is 13.8 Å². The maximum atomic E-state index is 13.8. The summed E-state index contributed by atoms with van der Waals surface area (Å²) >= 11 is 6.26. The molecule has 0 bridgehead atoms. The standard InChI is InChI=1S/C19H17ClF2N4O3/c20-10-6-13-18(25-17(10)23-7-9-11(21)2-1-3-12(9)22)26-19(24-13)29-15-8-28-14-4-5-27-16(14)15/h1-3,6,14-16H,4-5,7-8H2,(H2,23,24,25,26)/t14-,15-,16?/m1/s1. The molecule has 0 aliphatic carbocycles. The highest BCUT2D eigenvalue weighted by Gasteiger charge is 2.43. The minimum absolute atomic E-state index is 0.0616. The van der Waals surface area contributed by atoms with E-state index in [1.807, 2.05) is 0 Å². The third kappa shape index (κ3) is 3.50. The molecule has 2 aliphatic rings. The van der Waals surface area contributed by atoms with Crippen LogP contribution in [-0.2, 0) is 16.0 Å². The van der Waals surface area contributed by atoms with Crippen LogP contribution in [0.2, 0.25) is 5.02 Å². The van der Waals surface area contributed by atoms with E-state index in [0.717, 1.165) is 6.42 Å². The van der Waals surface area contributed by atoms with Gasteiger partial charge in [-0.15, -0.1) is 0 Å². The Morgan fingerprint density at radius 2 is 2.07 bits per heavy atom. The normalized spacial score (nSPS) is 23.5. The van der Waals surface area contributed by atoms with Gasteiger partial charge < -0.3 is 24.5 Å². The number of hydrogen-bond acceptors (Lipinski definition) is 6. The number of aromatic amines is 1. The van der Waals surface area contributed by atoms with Crippen LogP contribution in [0.3, 0.4) is 0 Å². The van der Waals surface area contributed by atoms with E-state index >= 15 is 0 Å². The molecular weight excluding hydrogens is 406 g/mol. The zero-order valence-electron chi connectivity index (χ0n) is 15.1. The summed E-state index contributed by atoms with van der Waals surface area (Å²) in [6.07, 6.45) is 0.568. The van der Waals surface area contributed by atoms with E-state index < -0.39 is 11.6 Å². The number of pyridine rings is 1. The number of anilines is 1. The maximum absolute atomic E-state index is 13.8. The molecule has 2 saturated heterocycles. The summed E-state index contributed by atoms with van der Waals surface area (Å²) < 4.78 is 44.8. The largest absolute Gasteiger partial charge is 0.456 e. The van der Waals surface area contributed by atoms with Gasteiger partial charge in [-0.2, -0.15) is 4.98 Å². The van der Waals surface area contributed by atoms with E-state index in [1.165, 1.54) is 18.2 Å². The van der Waals surface area contributed by atoms with Gasteiger partial charge in [-0.3, -0.25) is 0 Å². The number of H-pyrrole nitrogens is 1. The second-order valence-electron chi connectivity index (χ2n) is 6.94. The van der Waals surface area contributed by atoms with E-state index in [1.54, 1.807) is 6.07 Å². The molecule has 5 rings (SSSR count). The van der Waals surface area contributed by atoms with Crippen LogP contribution in [0.25, 0.3) is 11.2 Å². The zero-order valence-corrected chi connectivity index (χ0v) is 15.9. The molecule has 29 heavy (non-hydrogen) atoms. The summed E-state index contributed by atoms with van der Waals surface area (Å²) in [5.74, 6) is -1.02. The third-order valence-corrected chi connectivity index (χ3v) is 5.37. The molecule has 2 N–H and O–H groups in total. The molecule has 3 aromatic rings. The number of fused-ring (bicyclic) bond motifs is 2. The second kappa shape index (κ2) is 7.40. The van der Waals surface area contributed by atoms with Crippen molar-refractivity contribution in [3.8, 4) is 6.01 Å². The Balaban J connectivity index is 1.34. The molecule has 0 saturated carbocycles. The lowest BCUT2D eigenvalue weighted by Gasteiger charge is -2.15. The van der Waals surface area contributed by atoms with Crippen molar-refractivity contribution < 1.29 is 23.0 Å². The SMILES string of the molecule is Fc1cccc(F)c1CNc1nc2nc(O[C@@H]3CO[C@@H]4CCOC43)[nH]c2cc1Cl. The summed E-state index contributed by atoms with van der Waals surface area (Å²) in [6.45, 7) is 0.982. The van der Waals surface area contributed by atoms with Gasteiger partial charge in [-0.05, 0) is 24.6 Å². The first-order valence-electron chi connectivity index (χ1n) is 9.21. The Labute approximate surface area is 169 Å². The average Bonchev–Trinajstić information content (AvgIpc) is 3.38. The topological polar surface area (TPSA) is 81.3 Å². The van der Waals surface area contributed by atoms with Gasteiger partial charge in [0.05, 0.1) is 23.3 Å². The van der Waals surface area contributed by atoms with Crippen LogP contribution in [0.4, 0.5) is 14.6 Å². The second-order valence-corrected chi connectivity index (χ2v) is 7.35. The summed E-state index contributed by atoms with van der Waals surface area (Å²) in [4.78, 5) is 11.7. The van der Waals surface area contributed by atoms with Crippen molar-refractivity contribution in [2.75, 3.05) is 18.5 Å². The number of nitrogens with zero attached hydrogens (tertiary/aromatic N) is 2. The lowest BCUT2D eigenvalue weighted by Crippen LogP contribution is -2.32. The van der Waals surface area contributed by atoms with E-state index in [0.29, 0.717) is 24.4 Å². The summed E-state index contributed by atoms with van der Waals surface area (Å²) in [5.41, 5.74) is 0.850. The fourth-order valence-corrected chi connectivity index (χ4v) is 3.84. The predicted octanol–water partition coefficient (Wildman–Crippen LogP) is 3.44. The highest BCUT2D eigenvalue weighted by molar-refractivity contribution is 6.33. The first kappa shape index (κ1) is 18.5. The molecule has 7 nitrogen and oxygen atoms in total. The summed E-state index contributed by atoms with van der Waals surface area (Å²) in [6, 6.07) is 5.61. The van der Waals surface area contributed by atoms with Gasteiger partial charge in [0.25, 0.3) is 6.01 Å². The average molecular weight is 423 g/mol. The van der Waals surface area contributed by atoms with Crippen molar-refractivity contribution >= 4 is 28.6 Å². The van der Waals surface area contributed by atoms with Crippen molar-refractivity contribution in [3.05, 3.63) is 46.5 Å². The molecule has 1 aromatic carbocycles. The molecule has 0 spiro atoms.